The van der Waals surface area contributed by atoms with E-state index in [1.165, 1.54) is 0 Å². The minimum Gasteiger partial charge on any atom is -0.357 e. The van der Waals surface area contributed by atoms with E-state index in [0.717, 1.165) is 13.2 Å². The predicted octanol–water partition coefficient (Wildman–Crippen LogP) is 2.07. The van der Waals surface area contributed by atoms with Gasteiger partial charge in [0.1, 0.15) is 15.4 Å². The summed E-state index contributed by atoms with van der Waals surface area (Å²) in [6.45, 7) is 12.1. The van der Waals surface area contributed by atoms with Gasteiger partial charge in [-0.3, -0.25) is 0 Å². The Labute approximate surface area is 90.5 Å². The van der Waals surface area contributed by atoms with Crippen LogP contribution in [0.4, 0.5) is 0 Å². The zero-order valence-corrected chi connectivity index (χ0v) is 11.6. The van der Waals surface area contributed by atoms with Gasteiger partial charge < -0.3 is 9.47 Å². The maximum Gasteiger partial charge on any atom is 0.139 e. The van der Waals surface area contributed by atoms with Crippen LogP contribution in [0, 0.1) is 5.41 Å². The monoisotopic (exact) mass is 216 g/mol. The average molecular weight is 216 g/mol. The lowest BCUT2D eigenvalue weighted by atomic mass is 9.98. The van der Waals surface area contributed by atoms with E-state index in [-0.39, 0.29) is 11.3 Å². The van der Waals surface area contributed by atoms with Crippen molar-refractivity contribution in [3.63, 3.8) is 0 Å². The number of rotatable bonds is 6. The van der Waals surface area contributed by atoms with Crippen molar-refractivity contribution in [2.75, 3.05) is 13.2 Å². The smallest absolute Gasteiger partial charge is 0.139 e. The van der Waals surface area contributed by atoms with Crippen LogP contribution in [0.25, 0.3) is 0 Å². The Morgan fingerprint density at radius 1 is 1.14 bits per heavy atom. The molecule has 0 heterocycles. The first kappa shape index (κ1) is 13.9. The van der Waals surface area contributed by atoms with Crippen molar-refractivity contribution in [2.24, 2.45) is 5.41 Å². The Kier molecular flexibility index (Phi) is 7.14. The van der Waals surface area contributed by atoms with Gasteiger partial charge in [-0.1, -0.05) is 32.5 Å². The number of hydrogen-bond donors (Lipinski definition) is 0. The van der Waals surface area contributed by atoms with Crippen molar-refractivity contribution in [1.82, 2.24) is 0 Å². The molecule has 14 heavy (non-hydrogen) atoms. The second-order valence-corrected chi connectivity index (χ2v) is 5.95. The Hall–Kier alpha value is -0.123. The molecule has 0 aromatic rings. The first-order valence-electron chi connectivity index (χ1n) is 5.40. The van der Waals surface area contributed by atoms with E-state index in [9.17, 15) is 0 Å². The van der Waals surface area contributed by atoms with Crippen molar-refractivity contribution < 1.29 is 9.47 Å². The van der Waals surface area contributed by atoms with Crippen LogP contribution in [-0.4, -0.2) is 28.6 Å². The summed E-state index contributed by atoms with van der Waals surface area (Å²) in [5.41, 5.74) is 2.55. The Morgan fingerprint density at radius 3 is 2.00 bits per heavy atom. The van der Waals surface area contributed by atoms with Crippen molar-refractivity contribution in [2.45, 2.75) is 40.5 Å². The number of allylic oxidation sites excluding steroid dienone is 1. The highest BCUT2D eigenvalue weighted by molar-refractivity contribution is 6.43. The molecule has 0 atom stereocenters. The van der Waals surface area contributed by atoms with Crippen LogP contribution >= 0.6 is 0 Å². The van der Waals surface area contributed by atoms with Crippen molar-refractivity contribution in [1.29, 1.82) is 0 Å². The Bertz CT molecular complexity index is 155. The molecule has 0 spiro atoms. The molecule has 0 amide bonds. The van der Waals surface area contributed by atoms with E-state index in [1.807, 2.05) is 13.8 Å². The summed E-state index contributed by atoms with van der Waals surface area (Å²) >= 11 is 0. The molecular formula is C11H24O2Si. The minimum atomic E-state index is -0.402. The molecule has 0 bridgehead atoms. The Morgan fingerprint density at radius 2 is 1.64 bits per heavy atom. The molecule has 0 aromatic heterocycles. The van der Waals surface area contributed by atoms with E-state index in [2.05, 4.69) is 32.5 Å². The van der Waals surface area contributed by atoms with E-state index in [0.29, 0.717) is 0 Å². The fourth-order valence-electron chi connectivity index (χ4n) is 1.09. The lowest BCUT2D eigenvalue weighted by Gasteiger charge is -2.16. The molecule has 0 unspecified atom stereocenters. The van der Waals surface area contributed by atoms with Gasteiger partial charge in [0.25, 0.3) is 0 Å². The summed E-state index contributed by atoms with van der Waals surface area (Å²) in [5.74, 6) is 0.0589. The molecular weight excluding hydrogens is 192 g/mol. The van der Waals surface area contributed by atoms with Crippen molar-refractivity contribution in [3.05, 3.63) is 11.8 Å². The van der Waals surface area contributed by atoms with Crippen LogP contribution in [0.5, 0.6) is 0 Å². The minimum absolute atomic E-state index is 0.0589. The van der Waals surface area contributed by atoms with Crippen LogP contribution < -0.4 is 0 Å². The van der Waals surface area contributed by atoms with E-state index in [1.54, 1.807) is 0 Å². The average Bonchev–Trinajstić information content (AvgIpc) is 2.02. The van der Waals surface area contributed by atoms with Crippen LogP contribution in [0.3, 0.4) is 0 Å². The molecule has 0 fully saturated rings. The fourth-order valence-corrected chi connectivity index (χ4v) is 2.90. The van der Waals surface area contributed by atoms with Crippen LogP contribution in [0.2, 0.25) is 0 Å². The first-order valence-corrected chi connectivity index (χ1v) is 7.03. The molecule has 0 aliphatic carbocycles. The predicted molar refractivity (Wildman–Crippen MR) is 64.2 cm³/mol. The van der Waals surface area contributed by atoms with Gasteiger partial charge in [0.15, 0.2) is 0 Å². The third-order valence-corrected chi connectivity index (χ3v) is 3.02. The highest BCUT2D eigenvalue weighted by Gasteiger charge is 2.07. The summed E-state index contributed by atoms with van der Waals surface area (Å²) in [7, 11) is -0.402. The summed E-state index contributed by atoms with van der Waals surface area (Å²) in [6.07, 6.45) is 2.25. The largest absolute Gasteiger partial charge is 0.357 e. The van der Waals surface area contributed by atoms with Gasteiger partial charge in [0.2, 0.25) is 0 Å². The molecule has 0 N–H and O–H groups in total. The standard InChI is InChI=1S/C11H24O2Si/c1-6-12-10(13-7-2)14-9-8-11(3,4)5/h8-10H,6-7,14H2,1-5H3. The lowest BCUT2D eigenvalue weighted by Crippen LogP contribution is -2.23. The molecule has 0 aromatic carbocycles. The lowest BCUT2D eigenvalue weighted by molar-refractivity contribution is -0.0818. The van der Waals surface area contributed by atoms with Crippen LogP contribution in [-0.2, 0) is 9.47 Å². The van der Waals surface area contributed by atoms with Crippen molar-refractivity contribution in [3.8, 4) is 0 Å². The zero-order chi connectivity index (χ0) is 11.0. The van der Waals surface area contributed by atoms with Gasteiger partial charge in [-0.15, -0.1) is 0 Å². The van der Waals surface area contributed by atoms with Gasteiger partial charge in [-0.25, -0.2) is 0 Å². The van der Waals surface area contributed by atoms with Gasteiger partial charge in [-0.05, 0) is 19.3 Å². The highest BCUT2D eigenvalue weighted by atomic mass is 28.2. The van der Waals surface area contributed by atoms with Gasteiger partial charge in [0.05, 0.1) is 0 Å². The third kappa shape index (κ3) is 8.47. The van der Waals surface area contributed by atoms with Gasteiger partial charge >= 0.3 is 0 Å². The number of ether oxygens (including phenoxy) is 2. The maximum absolute atomic E-state index is 5.49. The summed E-state index contributed by atoms with van der Waals surface area (Å²) in [6, 6.07) is 0. The summed E-state index contributed by atoms with van der Waals surface area (Å²) < 4.78 is 11.0. The number of hydrogen-bond acceptors (Lipinski definition) is 2. The quantitative estimate of drug-likeness (QED) is 0.500. The second-order valence-electron chi connectivity index (χ2n) is 4.34. The van der Waals surface area contributed by atoms with Crippen LogP contribution in [0.1, 0.15) is 34.6 Å². The summed E-state index contributed by atoms with van der Waals surface area (Å²) in [5, 5.41) is 0. The summed E-state index contributed by atoms with van der Waals surface area (Å²) in [4.78, 5) is 0. The van der Waals surface area contributed by atoms with E-state index < -0.39 is 9.52 Å². The molecule has 0 aliphatic rings. The normalized spacial score (nSPS) is 13.9. The molecule has 2 nitrogen and oxygen atoms in total. The van der Waals surface area contributed by atoms with E-state index in [4.69, 9.17) is 9.47 Å². The van der Waals surface area contributed by atoms with Crippen molar-refractivity contribution >= 4 is 9.52 Å². The SMILES string of the molecule is CCOC(OCC)[SiH2]C=CC(C)(C)C. The van der Waals surface area contributed by atoms with E-state index >= 15 is 0 Å². The Balaban J connectivity index is 3.86. The molecule has 0 rings (SSSR count). The first-order chi connectivity index (χ1) is 6.49. The van der Waals surface area contributed by atoms with Gasteiger partial charge in [0, 0.05) is 13.2 Å². The topological polar surface area (TPSA) is 18.5 Å². The maximum atomic E-state index is 5.49. The highest BCUT2D eigenvalue weighted by Crippen LogP contribution is 2.14. The fraction of sp³-hybridized carbons (Fsp3) is 0.818. The molecule has 84 valence electrons. The van der Waals surface area contributed by atoms with Gasteiger partial charge in [-0.2, -0.15) is 0 Å². The zero-order valence-electron chi connectivity index (χ0n) is 10.2. The molecule has 0 saturated heterocycles. The molecule has 0 aliphatic heterocycles. The molecule has 3 heteroatoms. The van der Waals surface area contributed by atoms with Crippen LogP contribution in [0.15, 0.2) is 11.8 Å². The molecule has 0 saturated carbocycles. The molecule has 0 radical (unpaired) electrons. The second kappa shape index (κ2) is 7.21. The third-order valence-electron chi connectivity index (χ3n) is 1.65.